The lowest BCUT2D eigenvalue weighted by Crippen LogP contribution is -2.39. The topological polar surface area (TPSA) is 132 Å². The zero-order valence-corrected chi connectivity index (χ0v) is 23.5. The molecule has 37 heavy (non-hydrogen) atoms. The fraction of sp³-hybridized carbons (Fsp3) is 0.846. The average Bonchev–Trinajstić information content (AvgIpc) is 3.23. The van der Waals surface area contributed by atoms with Crippen molar-refractivity contribution in [3.8, 4) is 0 Å². The Morgan fingerprint density at radius 3 is 2.05 bits per heavy atom. The van der Waals surface area contributed by atoms with Crippen molar-refractivity contribution in [1.82, 2.24) is 14.6 Å². The maximum atomic E-state index is 12.5. The van der Waals surface area contributed by atoms with E-state index in [2.05, 4.69) is 17.0 Å². The van der Waals surface area contributed by atoms with Gasteiger partial charge in [0, 0.05) is 25.9 Å². The number of rotatable bonds is 21. The van der Waals surface area contributed by atoms with E-state index in [0.717, 1.165) is 17.4 Å². The molecule has 0 bridgehead atoms. The van der Waals surface area contributed by atoms with Crippen molar-refractivity contribution < 1.29 is 23.7 Å². The van der Waals surface area contributed by atoms with Gasteiger partial charge < -0.3 is 14.6 Å². The van der Waals surface area contributed by atoms with E-state index in [0.29, 0.717) is 6.54 Å². The number of hydrogen-bond acceptors (Lipinski definition) is 7. The van der Waals surface area contributed by atoms with Crippen molar-refractivity contribution in [2.75, 3.05) is 20.3 Å². The van der Waals surface area contributed by atoms with Gasteiger partial charge >= 0.3 is 13.9 Å². The monoisotopic (exact) mass is 544 g/mol. The Kier molecular flexibility index (Phi) is 16.1. The first-order valence-corrected chi connectivity index (χ1v) is 15.2. The van der Waals surface area contributed by atoms with Crippen LogP contribution in [0.15, 0.2) is 21.9 Å². The summed E-state index contributed by atoms with van der Waals surface area (Å²) in [5.41, 5.74) is -1.20. The summed E-state index contributed by atoms with van der Waals surface area (Å²) in [5.74, 6) is 0. The Morgan fingerprint density at radius 1 is 0.973 bits per heavy atom. The maximum Gasteiger partial charge on any atom is 0.613 e. The van der Waals surface area contributed by atoms with Gasteiger partial charge in [-0.3, -0.25) is 14.3 Å². The lowest BCUT2D eigenvalue weighted by atomic mass is 10.0. The number of aromatic amines is 1. The van der Waals surface area contributed by atoms with Crippen LogP contribution in [0.5, 0.6) is 0 Å². The minimum Gasteiger partial charge on any atom is -0.394 e. The van der Waals surface area contributed by atoms with Crippen LogP contribution < -0.4 is 16.3 Å². The number of aliphatic hydroxyl groups excluding tert-OH is 1. The summed E-state index contributed by atoms with van der Waals surface area (Å²) >= 11 is 0. The van der Waals surface area contributed by atoms with Crippen molar-refractivity contribution >= 4 is 8.18 Å². The van der Waals surface area contributed by atoms with Gasteiger partial charge in [-0.15, -0.1) is 4.52 Å². The highest BCUT2D eigenvalue weighted by Gasteiger charge is 2.51. The Morgan fingerprint density at radius 2 is 1.54 bits per heavy atom. The molecule has 0 amide bonds. The number of aromatic nitrogens is 2. The lowest BCUT2D eigenvalue weighted by molar-refractivity contribution is -0.0625. The zero-order chi connectivity index (χ0) is 26.9. The Labute approximate surface area is 221 Å². The Hall–Kier alpha value is -1.42. The minimum atomic E-state index is -2.21. The first-order chi connectivity index (χ1) is 18.0. The molecule has 1 aromatic rings. The number of ether oxygens (including phenoxy) is 2. The molecular weight excluding hydrogens is 497 g/mol. The van der Waals surface area contributed by atoms with Gasteiger partial charge in [-0.05, 0) is 11.0 Å². The Balaban J connectivity index is 1.59. The SMILES string of the molecule is CCCCCCCCCCCCCCCCN[P+](=O)O[C@@H]1C(OC)[C@H](n2ccc(=O)[nH]c2=O)O[C@@H]1CO. The molecule has 3 N–H and O–H groups in total. The molecule has 0 saturated carbocycles. The number of methoxy groups -OCH3 is 1. The second-order valence-electron chi connectivity index (χ2n) is 9.80. The van der Waals surface area contributed by atoms with E-state index in [1.165, 1.54) is 96.4 Å². The fourth-order valence-electron chi connectivity index (χ4n) is 4.72. The molecule has 1 saturated heterocycles. The number of unbranched alkanes of at least 4 members (excludes halogenated alkanes) is 13. The third kappa shape index (κ3) is 11.5. The highest BCUT2D eigenvalue weighted by Crippen LogP contribution is 2.36. The van der Waals surface area contributed by atoms with E-state index in [1.54, 1.807) is 0 Å². The van der Waals surface area contributed by atoms with Crippen LogP contribution >= 0.6 is 8.18 Å². The first-order valence-electron chi connectivity index (χ1n) is 14.0. The van der Waals surface area contributed by atoms with Crippen LogP contribution in [0.3, 0.4) is 0 Å². The fourth-order valence-corrected chi connectivity index (χ4v) is 5.61. The molecule has 0 radical (unpaired) electrons. The molecule has 5 atom stereocenters. The van der Waals surface area contributed by atoms with Gasteiger partial charge in [0.2, 0.25) is 0 Å². The second kappa shape index (κ2) is 18.8. The van der Waals surface area contributed by atoms with Gasteiger partial charge in [-0.25, -0.2) is 4.79 Å². The summed E-state index contributed by atoms with van der Waals surface area (Å²) in [7, 11) is -0.795. The molecule has 0 aromatic carbocycles. The zero-order valence-electron chi connectivity index (χ0n) is 22.6. The predicted octanol–water partition coefficient (Wildman–Crippen LogP) is 4.55. The summed E-state index contributed by atoms with van der Waals surface area (Å²) in [6.07, 6.45) is 15.7. The number of H-pyrrole nitrogens is 1. The smallest absolute Gasteiger partial charge is 0.394 e. The highest BCUT2D eigenvalue weighted by atomic mass is 31.1. The number of hydrogen-bond donors (Lipinski definition) is 3. The molecule has 212 valence electrons. The van der Waals surface area contributed by atoms with Gasteiger partial charge in [0.15, 0.2) is 12.3 Å². The second-order valence-corrected chi connectivity index (χ2v) is 10.8. The van der Waals surface area contributed by atoms with Gasteiger partial charge in [-0.1, -0.05) is 95.5 Å². The summed E-state index contributed by atoms with van der Waals surface area (Å²) in [6.45, 7) is 2.41. The molecule has 1 aromatic heterocycles. The van der Waals surface area contributed by atoms with Gasteiger partial charge in [0.25, 0.3) is 5.56 Å². The molecule has 2 unspecified atom stereocenters. The third-order valence-electron chi connectivity index (χ3n) is 6.85. The van der Waals surface area contributed by atoms with E-state index in [1.807, 2.05) is 0 Å². The lowest BCUT2D eigenvalue weighted by Gasteiger charge is -2.20. The van der Waals surface area contributed by atoms with Crippen LogP contribution in [0.2, 0.25) is 0 Å². The van der Waals surface area contributed by atoms with Crippen molar-refractivity contribution in [2.45, 2.75) is 121 Å². The largest absolute Gasteiger partial charge is 0.613 e. The molecule has 11 heteroatoms. The summed E-state index contributed by atoms with van der Waals surface area (Å²) in [4.78, 5) is 25.7. The quantitative estimate of drug-likeness (QED) is 0.152. The molecule has 1 fully saturated rings. The molecule has 1 aliphatic rings. The van der Waals surface area contributed by atoms with Crippen LogP contribution in [-0.2, 0) is 18.6 Å². The van der Waals surface area contributed by atoms with Crippen molar-refractivity contribution in [3.05, 3.63) is 33.1 Å². The normalized spacial score (nSPS) is 22.0. The third-order valence-corrected chi connectivity index (χ3v) is 7.77. The standard InChI is InChI=1S/C26H46N3O7P/c1-3-4-5-6-7-8-9-10-11-12-13-14-15-16-18-27-37(33)36-23-21(20-30)35-25(24(23)34-2)29-19-17-22(31)28-26(29)32/h17,19,21,23-25,30H,3-16,18,20H2,1-2H3,(H-,27,28,31,32,33)/p+1/t21-,23+,24?,25-/m1/s1. The molecule has 1 aliphatic heterocycles. The maximum absolute atomic E-state index is 12.5. The van der Waals surface area contributed by atoms with Gasteiger partial charge in [0.1, 0.15) is 12.2 Å². The summed E-state index contributed by atoms with van der Waals surface area (Å²) < 4.78 is 30.6. The van der Waals surface area contributed by atoms with E-state index < -0.39 is 50.6 Å². The molecule has 10 nitrogen and oxygen atoms in total. The van der Waals surface area contributed by atoms with Crippen LogP contribution in [0.25, 0.3) is 0 Å². The van der Waals surface area contributed by atoms with E-state index in [4.69, 9.17) is 14.0 Å². The molecule has 2 heterocycles. The molecule has 0 aliphatic carbocycles. The first kappa shape index (κ1) is 31.8. The van der Waals surface area contributed by atoms with Crippen LogP contribution in [0.4, 0.5) is 0 Å². The van der Waals surface area contributed by atoms with Crippen molar-refractivity contribution in [3.63, 3.8) is 0 Å². The van der Waals surface area contributed by atoms with Crippen LogP contribution in [-0.4, -0.2) is 53.2 Å². The molecule has 0 spiro atoms. The molecule has 2 rings (SSSR count). The molecular formula is C26H47N3O7P+. The van der Waals surface area contributed by atoms with Crippen LogP contribution in [0.1, 0.15) is 103 Å². The minimum absolute atomic E-state index is 0.402. The number of aliphatic hydroxyl groups is 1. The average molecular weight is 545 g/mol. The van der Waals surface area contributed by atoms with E-state index in [-0.39, 0.29) is 0 Å². The van der Waals surface area contributed by atoms with Crippen molar-refractivity contribution in [2.24, 2.45) is 0 Å². The van der Waals surface area contributed by atoms with E-state index in [9.17, 15) is 19.3 Å². The summed E-state index contributed by atoms with van der Waals surface area (Å²) in [5, 5.41) is 12.6. The van der Waals surface area contributed by atoms with E-state index >= 15 is 0 Å². The number of nitrogens with one attached hydrogen (secondary N) is 2. The highest BCUT2D eigenvalue weighted by molar-refractivity contribution is 7.36. The Bertz CT molecular complexity index is 878. The predicted molar refractivity (Wildman–Crippen MR) is 144 cm³/mol. The van der Waals surface area contributed by atoms with Gasteiger partial charge in [-0.2, -0.15) is 0 Å². The van der Waals surface area contributed by atoms with Gasteiger partial charge in [0.05, 0.1) is 6.61 Å². The summed E-state index contributed by atoms with van der Waals surface area (Å²) in [6, 6.07) is 1.19. The number of nitrogens with zero attached hydrogens (tertiary/aromatic N) is 1. The van der Waals surface area contributed by atoms with Crippen LogP contribution in [0, 0.1) is 0 Å². The van der Waals surface area contributed by atoms with Crippen molar-refractivity contribution in [1.29, 1.82) is 0 Å².